The van der Waals surface area contributed by atoms with E-state index in [1.165, 1.54) is 30.4 Å². The summed E-state index contributed by atoms with van der Waals surface area (Å²) in [6, 6.07) is 14.8. The first-order valence-electron chi connectivity index (χ1n) is 7.23. The number of rotatable bonds is 6. The lowest BCUT2D eigenvalue weighted by molar-refractivity contribution is 0.414. The highest BCUT2D eigenvalue weighted by molar-refractivity contribution is 5.64. The summed E-state index contributed by atoms with van der Waals surface area (Å²) in [6.45, 7) is 4.31. The van der Waals surface area contributed by atoms with E-state index in [4.69, 9.17) is 4.74 Å². The first-order chi connectivity index (χ1) is 9.72. The molecule has 2 nitrogen and oxygen atoms in total. The zero-order valence-electron chi connectivity index (χ0n) is 12.6. The van der Waals surface area contributed by atoms with Gasteiger partial charge in [0.05, 0.1) is 7.11 Å². The van der Waals surface area contributed by atoms with Crippen LogP contribution >= 0.6 is 0 Å². The van der Waals surface area contributed by atoms with Crippen molar-refractivity contribution in [3.8, 4) is 5.75 Å². The minimum atomic E-state index is 0.892. The van der Waals surface area contributed by atoms with Gasteiger partial charge in [0.2, 0.25) is 0 Å². The predicted molar refractivity (Wildman–Crippen MR) is 86.1 cm³/mol. The zero-order valence-corrected chi connectivity index (χ0v) is 12.6. The van der Waals surface area contributed by atoms with Gasteiger partial charge in [0, 0.05) is 11.4 Å². The average Bonchev–Trinajstić information content (AvgIpc) is 2.48. The number of aryl methyl sites for hydroxylation is 2. The van der Waals surface area contributed by atoms with Crippen LogP contribution in [-0.2, 0) is 6.42 Å². The summed E-state index contributed by atoms with van der Waals surface area (Å²) in [6.07, 6.45) is 3.66. The minimum absolute atomic E-state index is 0.892. The van der Waals surface area contributed by atoms with Crippen LogP contribution < -0.4 is 10.1 Å². The molecule has 106 valence electrons. The molecule has 0 aliphatic heterocycles. The third-order valence-electron chi connectivity index (χ3n) is 3.49. The maximum absolute atomic E-state index is 5.23. The number of anilines is 2. The van der Waals surface area contributed by atoms with Gasteiger partial charge < -0.3 is 10.1 Å². The molecular weight excluding hydrogens is 246 g/mol. The fourth-order valence-corrected chi connectivity index (χ4v) is 2.19. The number of benzene rings is 2. The molecule has 2 aromatic rings. The molecule has 0 radical (unpaired) electrons. The Balaban J connectivity index is 2.06. The Morgan fingerprint density at radius 2 is 1.80 bits per heavy atom. The Hall–Kier alpha value is -1.96. The highest BCUT2D eigenvalue weighted by Crippen LogP contribution is 2.24. The quantitative estimate of drug-likeness (QED) is 0.788. The van der Waals surface area contributed by atoms with Gasteiger partial charge in [0.1, 0.15) is 5.75 Å². The zero-order chi connectivity index (χ0) is 14.4. The Morgan fingerprint density at radius 1 is 1.05 bits per heavy atom. The van der Waals surface area contributed by atoms with Crippen LogP contribution in [0.2, 0.25) is 0 Å². The van der Waals surface area contributed by atoms with Crippen molar-refractivity contribution < 1.29 is 4.74 Å². The molecule has 20 heavy (non-hydrogen) atoms. The highest BCUT2D eigenvalue weighted by Gasteiger charge is 2.01. The Kier molecular flexibility index (Phi) is 5.05. The molecule has 0 bridgehead atoms. The number of unbranched alkanes of at least 4 members (excludes halogenated alkanes) is 1. The average molecular weight is 269 g/mol. The van der Waals surface area contributed by atoms with E-state index in [9.17, 15) is 0 Å². The Bertz CT molecular complexity index is 546. The second-order valence-corrected chi connectivity index (χ2v) is 5.11. The molecule has 0 saturated heterocycles. The van der Waals surface area contributed by atoms with E-state index in [-0.39, 0.29) is 0 Å². The van der Waals surface area contributed by atoms with Crippen LogP contribution in [0.25, 0.3) is 0 Å². The van der Waals surface area contributed by atoms with E-state index < -0.39 is 0 Å². The highest BCUT2D eigenvalue weighted by atomic mass is 16.5. The van der Waals surface area contributed by atoms with Gasteiger partial charge in [0.15, 0.2) is 0 Å². The minimum Gasteiger partial charge on any atom is -0.497 e. The van der Waals surface area contributed by atoms with Crippen LogP contribution in [0.1, 0.15) is 30.9 Å². The summed E-state index contributed by atoms with van der Waals surface area (Å²) in [4.78, 5) is 0. The summed E-state index contributed by atoms with van der Waals surface area (Å²) < 4.78 is 5.23. The Morgan fingerprint density at radius 3 is 2.40 bits per heavy atom. The van der Waals surface area contributed by atoms with Gasteiger partial charge in [-0.15, -0.1) is 0 Å². The molecule has 0 unspecified atom stereocenters. The molecule has 0 saturated carbocycles. The van der Waals surface area contributed by atoms with Crippen LogP contribution in [-0.4, -0.2) is 7.11 Å². The molecule has 2 aromatic carbocycles. The van der Waals surface area contributed by atoms with Crippen molar-refractivity contribution in [3.05, 3.63) is 53.6 Å². The first-order valence-corrected chi connectivity index (χ1v) is 7.23. The summed E-state index contributed by atoms with van der Waals surface area (Å²) in [5.41, 5.74) is 4.83. The molecule has 2 rings (SSSR count). The molecule has 0 atom stereocenters. The molecule has 0 aliphatic carbocycles. The summed E-state index contributed by atoms with van der Waals surface area (Å²) in [5, 5.41) is 3.45. The molecule has 0 aliphatic rings. The van der Waals surface area contributed by atoms with E-state index in [0.717, 1.165) is 17.1 Å². The van der Waals surface area contributed by atoms with E-state index in [0.29, 0.717) is 0 Å². The lowest BCUT2D eigenvalue weighted by Gasteiger charge is -2.11. The van der Waals surface area contributed by atoms with Crippen molar-refractivity contribution in [2.45, 2.75) is 33.1 Å². The second-order valence-electron chi connectivity index (χ2n) is 5.11. The second kappa shape index (κ2) is 6.99. The molecule has 0 heterocycles. The largest absolute Gasteiger partial charge is 0.497 e. The molecular formula is C18H23NO. The Labute approximate surface area is 121 Å². The van der Waals surface area contributed by atoms with Crippen LogP contribution in [0.15, 0.2) is 42.5 Å². The van der Waals surface area contributed by atoms with E-state index in [2.05, 4.69) is 49.5 Å². The van der Waals surface area contributed by atoms with Crippen molar-refractivity contribution in [1.29, 1.82) is 0 Å². The van der Waals surface area contributed by atoms with Crippen molar-refractivity contribution in [3.63, 3.8) is 0 Å². The lowest BCUT2D eigenvalue weighted by atomic mass is 10.1. The fraction of sp³-hybridized carbons (Fsp3) is 0.333. The van der Waals surface area contributed by atoms with Gasteiger partial charge in [-0.1, -0.05) is 25.5 Å². The van der Waals surface area contributed by atoms with Gasteiger partial charge in [0.25, 0.3) is 0 Å². The smallest absolute Gasteiger partial charge is 0.119 e. The number of hydrogen-bond acceptors (Lipinski definition) is 2. The van der Waals surface area contributed by atoms with Crippen LogP contribution in [0.5, 0.6) is 5.75 Å². The third-order valence-corrected chi connectivity index (χ3v) is 3.49. The van der Waals surface area contributed by atoms with E-state index >= 15 is 0 Å². The van der Waals surface area contributed by atoms with E-state index in [1.807, 2.05) is 12.1 Å². The topological polar surface area (TPSA) is 21.3 Å². The molecule has 1 N–H and O–H groups in total. The number of hydrogen-bond donors (Lipinski definition) is 1. The normalized spacial score (nSPS) is 10.3. The van der Waals surface area contributed by atoms with Gasteiger partial charge in [-0.05, 0) is 61.2 Å². The molecule has 2 heteroatoms. The molecule has 0 spiro atoms. The summed E-state index contributed by atoms with van der Waals surface area (Å²) >= 11 is 0. The number of methoxy groups -OCH3 is 1. The fourth-order valence-electron chi connectivity index (χ4n) is 2.19. The predicted octanol–water partition coefficient (Wildman–Crippen LogP) is 5.09. The molecule has 0 amide bonds. The number of ether oxygens (including phenoxy) is 1. The van der Waals surface area contributed by atoms with E-state index in [1.54, 1.807) is 7.11 Å². The number of nitrogens with one attached hydrogen (secondary N) is 1. The maximum atomic E-state index is 5.23. The molecule has 0 aromatic heterocycles. The van der Waals surface area contributed by atoms with Gasteiger partial charge >= 0.3 is 0 Å². The van der Waals surface area contributed by atoms with Crippen molar-refractivity contribution in [2.24, 2.45) is 0 Å². The lowest BCUT2D eigenvalue weighted by Crippen LogP contribution is -1.94. The van der Waals surface area contributed by atoms with Gasteiger partial charge in [-0.25, -0.2) is 0 Å². The van der Waals surface area contributed by atoms with Gasteiger partial charge in [-0.3, -0.25) is 0 Å². The third kappa shape index (κ3) is 3.77. The summed E-state index contributed by atoms with van der Waals surface area (Å²) in [5.74, 6) is 0.892. The van der Waals surface area contributed by atoms with Crippen molar-refractivity contribution in [2.75, 3.05) is 12.4 Å². The van der Waals surface area contributed by atoms with Gasteiger partial charge in [-0.2, -0.15) is 0 Å². The first kappa shape index (κ1) is 14.4. The van der Waals surface area contributed by atoms with Crippen LogP contribution in [0.4, 0.5) is 11.4 Å². The summed E-state index contributed by atoms with van der Waals surface area (Å²) in [7, 11) is 1.69. The van der Waals surface area contributed by atoms with Crippen molar-refractivity contribution in [1.82, 2.24) is 0 Å². The monoisotopic (exact) mass is 269 g/mol. The van der Waals surface area contributed by atoms with Crippen LogP contribution in [0.3, 0.4) is 0 Å². The standard InChI is InChI=1S/C18H23NO/c1-4-5-6-15-7-9-16(10-8-15)19-18-12-11-17(20-3)13-14(18)2/h7-13,19H,4-6H2,1-3H3. The molecule has 0 fully saturated rings. The van der Waals surface area contributed by atoms with Crippen LogP contribution in [0, 0.1) is 6.92 Å². The SMILES string of the molecule is CCCCc1ccc(Nc2ccc(OC)cc2C)cc1. The van der Waals surface area contributed by atoms with Crippen molar-refractivity contribution >= 4 is 11.4 Å². The maximum Gasteiger partial charge on any atom is 0.119 e.